The fourth-order valence-electron chi connectivity index (χ4n) is 4.02. The first-order valence-corrected chi connectivity index (χ1v) is 11.4. The smallest absolute Gasteiger partial charge is 0.237 e. The monoisotopic (exact) mass is 443 g/mol. The number of carbonyl (C=O) groups is 1. The first-order valence-electron chi connectivity index (χ1n) is 11.0. The van der Waals surface area contributed by atoms with Crippen molar-refractivity contribution in [3.63, 3.8) is 0 Å². The van der Waals surface area contributed by atoms with Gasteiger partial charge < -0.3 is 15.4 Å². The molecule has 0 radical (unpaired) electrons. The summed E-state index contributed by atoms with van der Waals surface area (Å²) in [6, 6.07) is 16.7. The van der Waals surface area contributed by atoms with Crippen LogP contribution < -0.4 is 10.6 Å². The fourth-order valence-corrected chi connectivity index (χ4v) is 4.22. The highest BCUT2D eigenvalue weighted by molar-refractivity contribution is 6.31. The van der Waals surface area contributed by atoms with Crippen molar-refractivity contribution in [1.29, 1.82) is 0 Å². The lowest BCUT2D eigenvalue weighted by Crippen LogP contribution is -2.43. The van der Waals surface area contributed by atoms with Crippen LogP contribution in [-0.2, 0) is 22.6 Å². The average molecular weight is 444 g/mol. The predicted octanol–water partition coefficient (Wildman–Crippen LogP) is 3.96. The molecule has 1 aliphatic heterocycles. The molecule has 1 aliphatic rings. The molecule has 2 atom stereocenters. The van der Waals surface area contributed by atoms with E-state index in [1.165, 1.54) is 11.1 Å². The summed E-state index contributed by atoms with van der Waals surface area (Å²) in [6.45, 7) is 7.69. The Balaban J connectivity index is 1.63. The van der Waals surface area contributed by atoms with E-state index in [0.29, 0.717) is 25.6 Å². The zero-order valence-electron chi connectivity index (χ0n) is 18.7. The first-order chi connectivity index (χ1) is 15.0. The Bertz CT molecular complexity index is 841. The van der Waals surface area contributed by atoms with Gasteiger partial charge in [0.1, 0.15) is 0 Å². The van der Waals surface area contributed by atoms with Crippen LogP contribution in [0.5, 0.6) is 0 Å². The highest BCUT2D eigenvalue weighted by Gasteiger charge is 2.36. The van der Waals surface area contributed by atoms with E-state index in [0.717, 1.165) is 30.1 Å². The molecule has 0 spiro atoms. The number of likely N-dealkylation sites (tertiary alicyclic amines) is 1. The summed E-state index contributed by atoms with van der Waals surface area (Å²) in [7, 11) is 1.64. The molecule has 0 aromatic heterocycles. The van der Waals surface area contributed by atoms with Crippen molar-refractivity contribution in [2.45, 2.75) is 51.4 Å². The Morgan fingerprint density at radius 1 is 1.19 bits per heavy atom. The van der Waals surface area contributed by atoms with Gasteiger partial charge in [-0.25, -0.2) is 0 Å². The number of benzene rings is 2. The Morgan fingerprint density at radius 2 is 1.94 bits per heavy atom. The molecule has 5 nitrogen and oxygen atoms in total. The number of ether oxygens (including phenoxy) is 1. The minimum atomic E-state index is -0.186. The molecule has 1 saturated heterocycles. The van der Waals surface area contributed by atoms with E-state index in [1.54, 1.807) is 7.11 Å². The second-order valence-corrected chi connectivity index (χ2v) is 8.94. The second-order valence-electron chi connectivity index (χ2n) is 8.53. The van der Waals surface area contributed by atoms with E-state index in [1.807, 2.05) is 24.3 Å². The molecule has 0 bridgehead atoms. The number of hydrogen-bond donors (Lipinski definition) is 2. The molecule has 0 aliphatic carbocycles. The van der Waals surface area contributed by atoms with Gasteiger partial charge >= 0.3 is 0 Å². The van der Waals surface area contributed by atoms with E-state index in [4.69, 9.17) is 16.3 Å². The zero-order valence-corrected chi connectivity index (χ0v) is 19.5. The highest BCUT2D eigenvalue weighted by atomic mass is 35.5. The SMILES string of the molecule is COCCNC(=O)[C@@H]1C[C@@H](NCc2ccc(C(C)C)cc2)CN1Cc1ccccc1Cl. The van der Waals surface area contributed by atoms with Crippen LogP contribution in [0, 0.1) is 0 Å². The molecule has 2 aromatic carbocycles. The molecule has 3 rings (SSSR count). The summed E-state index contributed by atoms with van der Waals surface area (Å²) >= 11 is 6.39. The van der Waals surface area contributed by atoms with Gasteiger partial charge in [0.15, 0.2) is 0 Å². The lowest BCUT2D eigenvalue weighted by Gasteiger charge is -2.24. The zero-order chi connectivity index (χ0) is 22.2. The molecule has 168 valence electrons. The second kappa shape index (κ2) is 11.6. The summed E-state index contributed by atoms with van der Waals surface area (Å²) in [5.74, 6) is 0.585. The molecule has 31 heavy (non-hydrogen) atoms. The third kappa shape index (κ3) is 6.78. The number of rotatable bonds is 10. The molecular formula is C25H34ClN3O2. The van der Waals surface area contributed by atoms with Gasteiger partial charge in [0.25, 0.3) is 0 Å². The van der Waals surface area contributed by atoms with Gasteiger partial charge in [-0.2, -0.15) is 0 Å². The fraction of sp³-hybridized carbons (Fsp3) is 0.480. The van der Waals surface area contributed by atoms with Crippen LogP contribution in [0.25, 0.3) is 0 Å². The lowest BCUT2D eigenvalue weighted by molar-refractivity contribution is -0.125. The van der Waals surface area contributed by atoms with Crippen molar-refractivity contribution in [1.82, 2.24) is 15.5 Å². The molecule has 1 amide bonds. The standard InChI is InChI=1S/C25H34ClN3O2/c1-18(2)20-10-8-19(9-11-20)15-28-22-14-24(25(30)27-12-13-31-3)29(17-22)16-21-6-4-5-7-23(21)26/h4-11,18,22,24,28H,12-17H2,1-3H3,(H,27,30)/t22-,24+/m1/s1. The average Bonchev–Trinajstić information content (AvgIpc) is 3.17. The van der Waals surface area contributed by atoms with Crippen LogP contribution in [0.3, 0.4) is 0 Å². The number of methoxy groups -OCH3 is 1. The normalized spacial score (nSPS) is 19.1. The van der Waals surface area contributed by atoms with Gasteiger partial charge in [-0.1, -0.05) is 67.9 Å². The van der Waals surface area contributed by atoms with Gasteiger partial charge in [-0.05, 0) is 35.1 Å². The van der Waals surface area contributed by atoms with Crippen molar-refractivity contribution >= 4 is 17.5 Å². The molecule has 2 aromatic rings. The number of carbonyl (C=O) groups excluding carboxylic acids is 1. The Labute approximate surface area is 191 Å². The maximum atomic E-state index is 12.9. The van der Waals surface area contributed by atoms with E-state index in [9.17, 15) is 4.79 Å². The Morgan fingerprint density at radius 3 is 2.61 bits per heavy atom. The number of amides is 1. The molecule has 2 N–H and O–H groups in total. The maximum absolute atomic E-state index is 12.9. The molecular weight excluding hydrogens is 410 g/mol. The number of halogens is 1. The van der Waals surface area contributed by atoms with Gasteiger partial charge in [0, 0.05) is 44.4 Å². The van der Waals surface area contributed by atoms with Gasteiger partial charge in [-0.15, -0.1) is 0 Å². The van der Waals surface area contributed by atoms with E-state index < -0.39 is 0 Å². The lowest BCUT2D eigenvalue weighted by atomic mass is 10.0. The van der Waals surface area contributed by atoms with Gasteiger partial charge in [-0.3, -0.25) is 9.69 Å². The quantitative estimate of drug-likeness (QED) is 0.546. The summed E-state index contributed by atoms with van der Waals surface area (Å²) in [5, 5.41) is 7.39. The summed E-state index contributed by atoms with van der Waals surface area (Å²) in [5.41, 5.74) is 3.65. The van der Waals surface area contributed by atoms with Crippen molar-refractivity contribution < 1.29 is 9.53 Å². The predicted molar refractivity (Wildman–Crippen MR) is 126 cm³/mol. The highest BCUT2D eigenvalue weighted by Crippen LogP contribution is 2.25. The minimum absolute atomic E-state index is 0.0506. The summed E-state index contributed by atoms with van der Waals surface area (Å²) in [4.78, 5) is 15.1. The van der Waals surface area contributed by atoms with Gasteiger partial charge in [0.2, 0.25) is 5.91 Å². The van der Waals surface area contributed by atoms with Crippen molar-refractivity contribution in [3.8, 4) is 0 Å². The molecule has 6 heteroatoms. The van der Waals surface area contributed by atoms with Crippen LogP contribution in [0.2, 0.25) is 5.02 Å². The number of hydrogen-bond acceptors (Lipinski definition) is 4. The van der Waals surface area contributed by atoms with Crippen molar-refractivity contribution in [2.24, 2.45) is 0 Å². The summed E-state index contributed by atoms with van der Waals surface area (Å²) in [6.07, 6.45) is 0.771. The summed E-state index contributed by atoms with van der Waals surface area (Å²) < 4.78 is 5.07. The van der Waals surface area contributed by atoms with Gasteiger partial charge in [0.05, 0.1) is 12.6 Å². The van der Waals surface area contributed by atoms with E-state index in [-0.39, 0.29) is 18.0 Å². The third-order valence-electron chi connectivity index (χ3n) is 5.88. The third-order valence-corrected chi connectivity index (χ3v) is 6.25. The molecule has 1 fully saturated rings. The number of nitrogens with zero attached hydrogens (tertiary/aromatic N) is 1. The number of nitrogens with one attached hydrogen (secondary N) is 2. The minimum Gasteiger partial charge on any atom is -0.383 e. The topological polar surface area (TPSA) is 53.6 Å². The van der Waals surface area contributed by atoms with Crippen LogP contribution in [0.1, 0.15) is 42.9 Å². The molecule has 1 heterocycles. The van der Waals surface area contributed by atoms with Crippen LogP contribution in [-0.4, -0.2) is 49.7 Å². The largest absolute Gasteiger partial charge is 0.383 e. The van der Waals surface area contributed by atoms with Crippen LogP contribution in [0.15, 0.2) is 48.5 Å². The Kier molecular flexibility index (Phi) is 8.90. The van der Waals surface area contributed by atoms with E-state index >= 15 is 0 Å². The van der Waals surface area contributed by atoms with Crippen LogP contribution in [0.4, 0.5) is 0 Å². The van der Waals surface area contributed by atoms with Crippen molar-refractivity contribution in [3.05, 3.63) is 70.2 Å². The van der Waals surface area contributed by atoms with Crippen molar-refractivity contribution in [2.75, 3.05) is 26.8 Å². The maximum Gasteiger partial charge on any atom is 0.237 e. The van der Waals surface area contributed by atoms with Crippen LogP contribution >= 0.6 is 11.6 Å². The Hall–Kier alpha value is -1.92. The molecule has 0 saturated carbocycles. The first kappa shape index (κ1) is 23.7. The molecule has 0 unspecified atom stereocenters. The van der Waals surface area contributed by atoms with E-state index in [2.05, 4.69) is 53.6 Å².